The molecule has 10 nitrogen and oxygen atoms in total. The zero-order valence-corrected chi connectivity index (χ0v) is 23.2. The first-order valence-electron chi connectivity index (χ1n) is 12.1. The highest BCUT2D eigenvalue weighted by atomic mass is 16.6. The predicted octanol–water partition coefficient (Wildman–Crippen LogP) is -0.136. The highest BCUT2D eigenvalue weighted by molar-refractivity contribution is 5.24. The molecule has 2 fully saturated rings. The SMILES string of the molecule is CC1(C)OC(C)(CO)[C@@](C)(COC[C@@]2(C)OC(C)(CO)[C@@](C)(O)C(C)(O)[C@]2(C)O)C(C)(O)[C@]1(C)O. The average molecular weight is 509 g/mol. The van der Waals surface area contributed by atoms with Crippen molar-refractivity contribution in [2.24, 2.45) is 5.41 Å². The van der Waals surface area contributed by atoms with Crippen molar-refractivity contribution in [3.05, 3.63) is 0 Å². The van der Waals surface area contributed by atoms with E-state index in [9.17, 15) is 35.7 Å². The van der Waals surface area contributed by atoms with Gasteiger partial charge in [0, 0.05) is 0 Å². The molecule has 7 N–H and O–H groups in total. The first-order chi connectivity index (χ1) is 15.2. The third-order valence-electron chi connectivity index (χ3n) is 10.6. The number of rotatable bonds is 6. The number of ether oxygens (including phenoxy) is 3. The normalized spacial score (nSPS) is 56.7. The van der Waals surface area contributed by atoms with E-state index in [2.05, 4.69) is 0 Å². The third-order valence-corrected chi connectivity index (χ3v) is 10.6. The topological polar surface area (TPSA) is 169 Å². The van der Waals surface area contributed by atoms with Crippen LogP contribution in [-0.4, -0.2) is 113 Å². The van der Waals surface area contributed by atoms with Gasteiger partial charge in [-0.25, -0.2) is 0 Å². The largest absolute Gasteiger partial charge is 0.393 e. The molecule has 0 aromatic carbocycles. The van der Waals surface area contributed by atoms with Crippen molar-refractivity contribution in [2.45, 2.75) is 127 Å². The van der Waals surface area contributed by atoms with Gasteiger partial charge in [0.1, 0.15) is 39.2 Å². The Kier molecular flexibility index (Phi) is 7.09. The molecule has 0 aromatic heterocycles. The summed E-state index contributed by atoms with van der Waals surface area (Å²) in [5, 5.41) is 77.2. The van der Waals surface area contributed by atoms with Crippen LogP contribution in [0.4, 0.5) is 0 Å². The van der Waals surface area contributed by atoms with E-state index in [1.807, 2.05) is 0 Å². The minimum atomic E-state index is -2.13. The fourth-order valence-corrected chi connectivity index (χ4v) is 5.92. The van der Waals surface area contributed by atoms with Crippen molar-refractivity contribution in [3.8, 4) is 0 Å². The van der Waals surface area contributed by atoms with Gasteiger partial charge in [0.25, 0.3) is 0 Å². The summed E-state index contributed by atoms with van der Waals surface area (Å²) in [6, 6.07) is 0. The zero-order valence-electron chi connectivity index (χ0n) is 23.2. The molecule has 2 saturated heterocycles. The Labute approximate surface area is 208 Å². The van der Waals surface area contributed by atoms with Gasteiger partial charge in [-0.05, 0) is 69.2 Å². The quantitative estimate of drug-likeness (QED) is 0.256. The third kappa shape index (κ3) is 3.52. The van der Waals surface area contributed by atoms with Gasteiger partial charge < -0.3 is 50.0 Å². The van der Waals surface area contributed by atoms with Crippen LogP contribution in [0.5, 0.6) is 0 Å². The molecule has 0 amide bonds. The van der Waals surface area contributed by atoms with Gasteiger partial charge in [-0.2, -0.15) is 0 Å². The van der Waals surface area contributed by atoms with Crippen LogP contribution in [0.2, 0.25) is 0 Å². The summed E-state index contributed by atoms with van der Waals surface area (Å²) in [6.45, 7) is 14.5. The van der Waals surface area contributed by atoms with Crippen molar-refractivity contribution >= 4 is 0 Å². The molecule has 4 unspecified atom stereocenters. The first-order valence-corrected chi connectivity index (χ1v) is 12.1. The molecule has 2 aliphatic rings. The molecule has 0 radical (unpaired) electrons. The molecular formula is C25H48O10. The smallest absolute Gasteiger partial charge is 0.124 e. The summed E-state index contributed by atoms with van der Waals surface area (Å²) in [6.07, 6.45) is 0. The van der Waals surface area contributed by atoms with Crippen LogP contribution >= 0.6 is 0 Å². The Balaban J connectivity index is 2.47. The van der Waals surface area contributed by atoms with E-state index in [0.29, 0.717) is 0 Å². The molecule has 2 heterocycles. The lowest BCUT2D eigenvalue weighted by Gasteiger charge is -2.67. The molecule has 9 atom stereocenters. The van der Waals surface area contributed by atoms with Crippen LogP contribution in [0, 0.1) is 5.41 Å². The lowest BCUT2D eigenvalue weighted by molar-refractivity contribution is -0.413. The number of hydrogen-bond donors (Lipinski definition) is 7. The summed E-state index contributed by atoms with van der Waals surface area (Å²) in [4.78, 5) is 0. The summed E-state index contributed by atoms with van der Waals surface area (Å²) in [5.41, 5.74) is -17.0. The van der Waals surface area contributed by atoms with Gasteiger partial charge in [0.05, 0.1) is 43.0 Å². The minimum absolute atomic E-state index is 0.243. The summed E-state index contributed by atoms with van der Waals surface area (Å²) in [7, 11) is 0. The Morgan fingerprint density at radius 1 is 0.486 bits per heavy atom. The molecule has 2 rings (SSSR count). The number of aliphatic hydroxyl groups excluding tert-OH is 2. The predicted molar refractivity (Wildman–Crippen MR) is 128 cm³/mol. The van der Waals surface area contributed by atoms with Crippen molar-refractivity contribution < 1.29 is 50.0 Å². The molecule has 10 heteroatoms. The van der Waals surface area contributed by atoms with E-state index >= 15 is 0 Å². The highest BCUT2D eigenvalue weighted by Crippen LogP contribution is 2.58. The van der Waals surface area contributed by atoms with Crippen LogP contribution in [0.1, 0.15) is 76.2 Å². The van der Waals surface area contributed by atoms with Crippen LogP contribution in [0.15, 0.2) is 0 Å². The molecule has 35 heavy (non-hydrogen) atoms. The van der Waals surface area contributed by atoms with E-state index < -0.39 is 69.0 Å². The van der Waals surface area contributed by atoms with E-state index in [4.69, 9.17) is 14.2 Å². The standard InChI is InChI=1S/C25H48O10/c1-16(2)21(7,28)22(8,29)17(3,18(4,12-26)34-16)14-33-15-20(6)24(10,31)25(11,32)23(9,30)19(5,13-27)35-20/h26-32H,12-15H2,1-11H3/t17-,18?,19?,20-,21-,22?,23-,24-,25?/m1/s1. The molecule has 0 aromatic rings. The fourth-order valence-electron chi connectivity index (χ4n) is 5.92. The van der Waals surface area contributed by atoms with Crippen molar-refractivity contribution in [2.75, 3.05) is 26.4 Å². The summed E-state index contributed by atoms with van der Waals surface area (Å²) < 4.78 is 18.3. The van der Waals surface area contributed by atoms with Gasteiger partial charge in [-0.3, -0.25) is 0 Å². The molecule has 0 aliphatic carbocycles. The number of aliphatic hydroxyl groups is 7. The fraction of sp³-hybridized carbons (Fsp3) is 1.00. The highest BCUT2D eigenvalue weighted by Gasteiger charge is 2.75. The zero-order chi connectivity index (χ0) is 27.9. The average Bonchev–Trinajstić information content (AvgIpc) is 2.70. The second kappa shape index (κ2) is 8.05. The van der Waals surface area contributed by atoms with Gasteiger partial charge in [0.15, 0.2) is 0 Å². The second-order valence-corrected chi connectivity index (χ2v) is 12.9. The monoisotopic (exact) mass is 508 g/mol. The maximum Gasteiger partial charge on any atom is 0.124 e. The van der Waals surface area contributed by atoms with Gasteiger partial charge in [-0.15, -0.1) is 0 Å². The molecule has 0 spiro atoms. The van der Waals surface area contributed by atoms with E-state index in [0.717, 1.165) is 0 Å². The summed E-state index contributed by atoms with van der Waals surface area (Å²) in [5.74, 6) is 0. The number of hydrogen-bond acceptors (Lipinski definition) is 10. The van der Waals surface area contributed by atoms with Crippen molar-refractivity contribution in [1.29, 1.82) is 0 Å². The van der Waals surface area contributed by atoms with Gasteiger partial charge >= 0.3 is 0 Å². The van der Waals surface area contributed by atoms with E-state index in [1.165, 1.54) is 48.5 Å². The lowest BCUT2D eigenvalue weighted by Crippen LogP contribution is -2.85. The van der Waals surface area contributed by atoms with Gasteiger partial charge in [0.2, 0.25) is 0 Å². The molecule has 0 bridgehead atoms. The summed E-state index contributed by atoms with van der Waals surface area (Å²) >= 11 is 0. The van der Waals surface area contributed by atoms with Crippen LogP contribution in [0.3, 0.4) is 0 Å². The van der Waals surface area contributed by atoms with Crippen LogP contribution < -0.4 is 0 Å². The molecule has 0 saturated carbocycles. The van der Waals surface area contributed by atoms with Crippen molar-refractivity contribution in [1.82, 2.24) is 0 Å². The maximum atomic E-state index is 11.7. The Morgan fingerprint density at radius 3 is 1.34 bits per heavy atom. The Morgan fingerprint density at radius 2 is 0.914 bits per heavy atom. The lowest BCUT2D eigenvalue weighted by atomic mass is 9.53. The molecular weight excluding hydrogens is 460 g/mol. The minimum Gasteiger partial charge on any atom is -0.393 e. The van der Waals surface area contributed by atoms with Crippen LogP contribution in [0.25, 0.3) is 0 Å². The van der Waals surface area contributed by atoms with E-state index in [1.54, 1.807) is 27.7 Å². The Bertz CT molecular complexity index is 819. The Hall–Kier alpha value is -0.400. The molecule has 2 aliphatic heterocycles. The van der Waals surface area contributed by atoms with Gasteiger partial charge in [-0.1, -0.05) is 6.92 Å². The van der Waals surface area contributed by atoms with Crippen LogP contribution in [-0.2, 0) is 14.2 Å². The van der Waals surface area contributed by atoms with E-state index in [-0.39, 0.29) is 13.2 Å². The second-order valence-electron chi connectivity index (χ2n) is 12.9. The first kappa shape index (κ1) is 30.8. The molecule has 208 valence electrons. The van der Waals surface area contributed by atoms with Crippen molar-refractivity contribution in [3.63, 3.8) is 0 Å². The maximum absolute atomic E-state index is 11.7.